The van der Waals surface area contributed by atoms with Crippen molar-refractivity contribution < 1.29 is 14.3 Å². The van der Waals surface area contributed by atoms with Gasteiger partial charge in [0.15, 0.2) is 11.5 Å². The molecule has 0 atom stereocenters. The molecule has 2 heterocycles. The van der Waals surface area contributed by atoms with E-state index in [2.05, 4.69) is 5.32 Å². The molecule has 0 saturated carbocycles. The van der Waals surface area contributed by atoms with Gasteiger partial charge in [-0.05, 0) is 40.6 Å². The molecular weight excluding hydrogens is 250 g/mol. The van der Waals surface area contributed by atoms with E-state index in [1.165, 1.54) is 0 Å². The van der Waals surface area contributed by atoms with Gasteiger partial charge in [0.05, 0.1) is 0 Å². The van der Waals surface area contributed by atoms with Gasteiger partial charge in [-0.1, -0.05) is 0 Å². The molecule has 0 unspecified atom stereocenters. The highest BCUT2D eigenvalue weighted by Gasteiger charge is 2.15. The second kappa shape index (κ2) is 4.70. The van der Waals surface area contributed by atoms with E-state index in [-0.39, 0.29) is 12.7 Å². The molecule has 0 fully saturated rings. The molecule has 0 saturated heterocycles. The highest BCUT2D eigenvalue weighted by Crippen LogP contribution is 2.32. The number of fused-ring (bicyclic) bond motifs is 1. The Kier molecular flexibility index (Phi) is 2.90. The van der Waals surface area contributed by atoms with Gasteiger partial charge in [-0.3, -0.25) is 4.79 Å². The Morgan fingerprint density at radius 1 is 1.28 bits per heavy atom. The number of rotatable bonds is 3. The number of hydrogen-bond donors (Lipinski definition) is 1. The van der Waals surface area contributed by atoms with Crippen molar-refractivity contribution in [2.75, 3.05) is 6.79 Å². The first kappa shape index (κ1) is 11.1. The Bertz CT molecular complexity index is 566. The van der Waals surface area contributed by atoms with Gasteiger partial charge in [0.1, 0.15) is 0 Å². The van der Waals surface area contributed by atoms with Crippen molar-refractivity contribution in [3.8, 4) is 11.5 Å². The third-order valence-electron chi connectivity index (χ3n) is 2.67. The van der Waals surface area contributed by atoms with Gasteiger partial charge in [-0.2, -0.15) is 11.3 Å². The van der Waals surface area contributed by atoms with Crippen LogP contribution in [0, 0.1) is 0 Å². The molecule has 0 aliphatic carbocycles. The average molecular weight is 261 g/mol. The quantitative estimate of drug-likeness (QED) is 0.923. The minimum Gasteiger partial charge on any atom is -0.454 e. The fourth-order valence-corrected chi connectivity index (χ4v) is 2.38. The SMILES string of the molecule is O=C(NCc1ccsc1)c1ccc2c(c1)OCO2. The third kappa shape index (κ3) is 2.17. The van der Waals surface area contributed by atoms with Gasteiger partial charge in [-0.15, -0.1) is 0 Å². The highest BCUT2D eigenvalue weighted by molar-refractivity contribution is 7.07. The molecular formula is C13H11NO3S. The van der Waals surface area contributed by atoms with E-state index in [4.69, 9.17) is 9.47 Å². The van der Waals surface area contributed by atoms with E-state index in [1.54, 1.807) is 29.5 Å². The van der Waals surface area contributed by atoms with Gasteiger partial charge in [0.25, 0.3) is 5.91 Å². The second-order valence-corrected chi connectivity index (χ2v) is 4.66. The molecule has 0 bridgehead atoms. The molecule has 0 radical (unpaired) electrons. The Balaban J connectivity index is 1.69. The predicted octanol–water partition coefficient (Wildman–Crippen LogP) is 2.41. The Labute approximate surface area is 108 Å². The first-order valence-electron chi connectivity index (χ1n) is 5.52. The topological polar surface area (TPSA) is 47.6 Å². The van der Waals surface area contributed by atoms with Crippen LogP contribution in [0.2, 0.25) is 0 Å². The molecule has 1 aromatic carbocycles. The highest BCUT2D eigenvalue weighted by atomic mass is 32.1. The molecule has 3 rings (SSSR count). The van der Waals surface area contributed by atoms with Crippen LogP contribution in [0.1, 0.15) is 15.9 Å². The minimum absolute atomic E-state index is 0.112. The third-order valence-corrected chi connectivity index (χ3v) is 3.40. The molecule has 1 aliphatic rings. The van der Waals surface area contributed by atoms with Crippen molar-refractivity contribution in [2.24, 2.45) is 0 Å². The molecule has 1 aromatic heterocycles. The summed E-state index contributed by atoms with van der Waals surface area (Å²) < 4.78 is 10.4. The predicted molar refractivity (Wildman–Crippen MR) is 68.1 cm³/mol. The van der Waals surface area contributed by atoms with E-state index in [9.17, 15) is 4.79 Å². The summed E-state index contributed by atoms with van der Waals surface area (Å²) >= 11 is 1.62. The molecule has 4 nitrogen and oxygen atoms in total. The molecule has 1 N–H and O–H groups in total. The summed E-state index contributed by atoms with van der Waals surface area (Å²) in [7, 11) is 0. The van der Waals surface area contributed by atoms with Gasteiger partial charge in [0.2, 0.25) is 6.79 Å². The summed E-state index contributed by atoms with van der Waals surface area (Å²) in [5.74, 6) is 1.20. The fourth-order valence-electron chi connectivity index (χ4n) is 1.72. The maximum atomic E-state index is 11.9. The normalized spacial score (nSPS) is 12.4. The number of amides is 1. The first-order valence-corrected chi connectivity index (χ1v) is 6.46. The molecule has 2 aromatic rings. The zero-order chi connectivity index (χ0) is 12.4. The van der Waals surface area contributed by atoms with Crippen LogP contribution < -0.4 is 14.8 Å². The van der Waals surface area contributed by atoms with Crippen LogP contribution in [0.4, 0.5) is 0 Å². The van der Waals surface area contributed by atoms with Crippen LogP contribution >= 0.6 is 11.3 Å². The van der Waals surface area contributed by atoms with Crippen LogP contribution in [0.3, 0.4) is 0 Å². The average Bonchev–Trinajstić information content (AvgIpc) is 3.05. The van der Waals surface area contributed by atoms with Gasteiger partial charge < -0.3 is 14.8 Å². The summed E-state index contributed by atoms with van der Waals surface area (Å²) in [5.41, 5.74) is 1.68. The number of carbonyl (C=O) groups excluding carboxylic acids is 1. The van der Waals surface area contributed by atoms with Crippen molar-refractivity contribution in [3.05, 3.63) is 46.2 Å². The van der Waals surface area contributed by atoms with Crippen LogP contribution in [0.5, 0.6) is 11.5 Å². The molecule has 0 spiro atoms. The lowest BCUT2D eigenvalue weighted by atomic mass is 10.2. The summed E-state index contributed by atoms with van der Waals surface area (Å²) in [6.07, 6.45) is 0. The number of nitrogens with one attached hydrogen (secondary N) is 1. The molecule has 18 heavy (non-hydrogen) atoms. The number of ether oxygens (including phenoxy) is 2. The zero-order valence-electron chi connectivity index (χ0n) is 9.51. The lowest BCUT2D eigenvalue weighted by Gasteiger charge is -2.04. The van der Waals surface area contributed by atoms with Crippen molar-refractivity contribution in [1.29, 1.82) is 0 Å². The van der Waals surface area contributed by atoms with E-state index in [1.807, 2.05) is 16.8 Å². The molecule has 1 amide bonds. The zero-order valence-corrected chi connectivity index (χ0v) is 10.3. The number of hydrogen-bond acceptors (Lipinski definition) is 4. The molecule has 1 aliphatic heterocycles. The lowest BCUT2D eigenvalue weighted by molar-refractivity contribution is 0.0950. The van der Waals surface area contributed by atoms with Gasteiger partial charge >= 0.3 is 0 Å². The second-order valence-electron chi connectivity index (χ2n) is 3.88. The Hall–Kier alpha value is -2.01. The van der Waals surface area contributed by atoms with E-state index in [0.29, 0.717) is 23.6 Å². The summed E-state index contributed by atoms with van der Waals surface area (Å²) in [4.78, 5) is 11.9. The Morgan fingerprint density at radius 2 is 2.17 bits per heavy atom. The number of thiophene rings is 1. The first-order chi connectivity index (χ1) is 8.83. The minimum atomic E-state index is -0.112. The monoisotopic (exact) mass is 261 g/mol. The van der Waals surface area contributed by atoms with Gasteiger partial charge in [0, 0.05) is 12.1 Å². The van der Waals surface area contributed by atoms with Crippen molar-refractivity contribution in [2.45, 2.75) is 6.54 Å². The summed E-state index contributed by atoms with van der Waals surface area (Å²) in [6.45, 7) is 0.756. The maximum Gasteiger partial charge on any atom is 0.251 e. The fraction of sp³-hybridized carbons (Fsp3) is 0.154. The standard InChI is InChI=1S/C13H11NO3S/c15-13(14-6-9-3-4-18-7-9)10-1-2-11-12(5-10)17-8-16-11/h1-5,7H,6,8H2,(H,14,15). The van der Waals surface area contributed by atoms with Crippen LogP contribution in [0.25, 0.3) is 0 Å². The summed E-state index contributed by atoms with van der Waals surface area (Å²) in [5, 5.41) is 6.87. The van der Waals surface area contributed by atoms with Crippen LogP contribution in [0.15, 0.2) is 35.0 Å². The molecule has 92 valence electrons. The molecule has 5 heteroatoms. The van der Waals surface area contributed by atoms with Crippen molar-refractivity contribution >= 4 is 17.2 Å². The van der Waals surface area contributed by atoms with Crippen molar-refractivity contribution in [1.82, 2.24) is 5.32 Å². The van der Waals surface area contributed by atoms with E-state index in [0.717, 1.165) is 5.56 Å². The van der Waals surface area contributed by atoms with E-state index < -0.39 is 0 Å². The van der Waals surface area contributed by atoms with Crippen molar-refractivity contribution in [3.63, 3.8) is 0 Å². The maximum absolute atomic E-state index is 11.9. The number of benzene rings is 1. The summed E-state index contributed by atoms with van der Waals surface area (Å²) in [6, 6.07) is 7.17. The van der Waals surface area contributed by atoms with Gasteiger partial charge in [-0.25, -0.2) is 0 Å². The number of carbonyl (C=O) groups is 1. The largest absolute Gasteiger partial charge is 0.454 e. The lowest BCUT2D eigenvalue weighted by Crippen LogP contribution is -2.22. The van der Waals surface area contributed by atoms with Crippen LogP contribution in [-0.2, 0) is 6.54 Å². The Morgan fingerprint density at radius 3 is 3.00 bits per heavy atom. The van der Waals surface area contributed by atoms with E-state index >= 15 is 0 Å². The smallest absolute Gasteiger partial charge is 0.251 e. The van der Waals surface area contributed by atoms with Crippen LogP contribution in [-0.4, -0.2) is 12.7 Å².